The maximum Gasteiger partial charge on any atom is 0.272 e. The molecule has 0 radical (unpaired) electrons. The number of hydrogen-bond acceptors (Lipinski definition) is 5. The minimum Gasteiger partial charge on any atom is -0.497 e. The summed E-state index contributed by atoms with van der Waals surface area (Å²) in [6.45, 7) is 4.70. The Morgan fingerprint density at radius 3 is 2.42 bits per heavy atom. The Balaban J connectivity index is 2.20. The molecule has 1 amide bonds. The first-order chi connectivity index (χ1) is 12.5. The highest BCUT2D eigenvalue weighted by Crippen LogP contribution is 2.24. The van der Waals surface area contributed by atoms with Crippen LogP contribution in [0.3, 0.4) is 0 Å². The summed E-state index contributed by atoms with van der Waals surface area (Å²) < 4.78 is 11.4. The third kappa shape index (κ3) is 4.92. The predicted molar refractivity (Wildman–Crippen MR) is 98.4 cm³/mol. The van der Waals surface area contributed by atoms with Gasteiger partial charge in [-0.05, 0) is 29.7 Å². The molecule has 0 fully saturated rings. The SMILES string of the molecule is COCCn1nc(C(=O)NC(c2ccc(OC)cc2)C(C)C)ccc1=O. The molecule has 0 saturated carbocycles. The van der Waals surface area contributed by atoms with Gasteiger partial charge in [0.2, 0.25) is 0 Å². The molecular weight excluding hydrogens is 334 g/mol. The van der Waals surface area contributed by atoms with Crippen LogP contribution < -0.4 is 15.6 Å². The predicted octanol–water partition coefficient (Wildman–Crippen LogP) is 2.03. The summed E-state index contributed by atoms with van der Waals surface area (Å²) >= 11 is 0. The highest BCUT2D eigenvalue weighted by molar-refractivity contribution is 5.92. The first kappa shape index (κ1) is 19.7. The zero-order valence-electron chi connectivity index (χ0n) is 15.6. The van der Waals surface area contributed by atoms with Gasteiger partial charge >= 0.3 is 0 Å². The van der Waals surface area contributed by atoms with Crippen LogP contribution in [0.15, 0.2) is 41.2 Å². The van der Waals surface area contributed by atoms with Gasteiger partial charge in [0.05, 0.1) is 26.3 Å². The van der Waals surface area contributed by atoms with Crippen molar-refractivity contribution in [1.82, 2.24) is 15.1 Å². The molecule has 140 valence electrons. The topological polar surface area (TPSA) is 82.5 Å². The summed E-state index contributed by atoms with van der Waals surface area (Å²) in [4.78, 5) is 24.5. The van der Waals surface area contributed by atoms with Crippen LogP contribution in [0.1, 0.15) is 35.9 Å². The summed E-state index contributed by atoms with van der Waals surface area (Å²) in [6, 6.07) is 10.2. The van der Waals surface area contributed by atoms with Gasteiger partial charge in [-0.2, -0.15) is 5.10 Å². The molecule has 1 atom stereocenters. The lowest BCUT2D eigenvalue weighted by atomic mass is 9.96. The zero-order valence-corrected chi connectivity index (χ0v) is 15.6. The Labute approximate surface area is 152 Å². The number of rotatable bonds is 8. The molecule has 0 spiro atoms. The van der Waals surface area contributed by atoms with Crippen molar-refractivity contribution >= 4 is 5.91 Å². The van der Waals surface area contributed by atoms with Crippen LogP contribution in [0, 0.1) is 5.92 Å². The summed E-state index contributed by atoms with van der Waals surface area (Å²) in [5.74, 6) is 0.604. The standard InChI is InChI=1S/C19H25N3O4/c1-13(2)18(14-5-7-15(26-4)8-6-14)20-19(24)16-9-10-17(23)22(21-16)11-12-25-3/h5-10,13,18H,11-12H2,1-4H3,(H,20,24). The van der Waals surface area contributed by atoms with E-state index in [1.807, 2.05) is 38.1 Å². The molecule has 0 aliphatic carbocycles. The maximum atomic E-state index is 12.6. The first-order valence-electron chi connectivity index (χ1n) is 8.48. The summed E-state index contributed by atoms with van der Waals surface area (Å²) in [7, 11) is 3.16. The summed E-state index contributed by atoms with van der Waals surface area (Å²) in [5, 5.41) is 7.14. The lowest BCUT2D eigenvalue weighted by molar-refractivity contribution is 0.0917. The van der Waals surface area contributed by atoms with Gasteiger partial charge in [0, 0.05) is 13.2 Å². The molecule has 0 saturated heterocycles. The summed E-state index contributed by atoms with van der Waals surface area (Å²) in [6.07, 6.45) is 0. The Bertz CT molecular complexity index is 784. The van der Waals surface area contributed by atoms with Gasteiger partial charge in [0.15, 0.2) is 0 Å². The van der Waals surface area contributed by atoms with Crippen LogP contribution >= 0.6 is 0 Å². The molecule has 26 heavy (non-hydrogen) atoms. The van der Waals surface area contributed by atoms with Gasteiger partial charge in [-0.3, -0.25) is 9.59 Å². The molecule has 7 nitrogen and oxygen atoms in total. The van der Waals surface area contributed by atoms with E-state index in [9.17, 15) is 9.59 Å². The van der Waals surface area contributed by atoms with Crippen molar-refractivity contribution in [2.45, 2.75) is 26.4 Å². The molecule has 7 heteroatoms. The first-order valence-corrected chi connectivity index (χ1v) is 8.48. The molecule has 1 unspecified atom stereocenters. The normalized spacial score (nSPS) is 12.0. The fraction of sp³-hybridized carbons (Fsp3) is 0.421. The number of carbonyl (C=O) groups excluding carboxylic acids is 1. The Hall–Kier alpha value is -2.67. The third-order valence-corrected chi connectivity index (χ3v) is 4.03. The van der Waals surface area contributed by atoms with Crippen molar-refractivity contribution < 1.29 is 14.3 Å². The Kier molecular flexibility index (Phi) is 6.91. The average Bonchev–Trinajstić information content (AvgIpc) is 2.65. The van der Waals surface area contributed by atoms with Gasteiger partial charge in [-0.15, -0.1) is 0 Å². The number of methoxy groups -OCH3 is 2. The van der Waals surface area contributed by atoms with Crippen molar-refractivity contribution in [2.24, 2.45) is 5.92 Å². The smallest absolute Gasteiger partial charge is 0.272 e. The molecule has 0 aliphatic heterocycles. The summed E-state index contributed by atoms with van der Waals surface area (Å²) in [5.41, 5.74) is 0.899. The number of amides is 1. The van der Waals surface area contributed by atoms with Crippen LogP contribution in [-0.2, 0) is 11.3 Å². The number of benzene rings is 1. The van der Waals surface area contributed by atoms with Crippen molar-refractivity contribution in [3.05, 3.63) is 58.0 Å². The second kappa shape index (κ2) is 9.15. The van der Waals surface area contributed by atoms with Gasteiger partial charge in [0.1, 0.15) is 11.4 Å². The largest absolute Gasteiger partial charge is 0.497 e. The zero-order chi connectivity index (χ0) is 19.1. The van der Waals surface area contributed by atoms with Crippen molar-refractivity contribution in [3.8, 4) is 5.75 Å². The lowest BCUT2D eigenvalue weighted by Gasteiger charge is -2.23. The molecule has 1 aromatic heterocycles. The van der Waals surface area contributed by atoms with Gasteiger partial charge in [-0.25, -0.2) is 4.68 Å². The van der Waals surface area contributed by atoms with Crippen LogP contribution in [0.25, 0.3) is 0 Å². The second-order valence-electron chi connectivity index (χ2n) is 6.24. The molecule has 1 N–H and O–H groups in total. The van der Waals surface area contributed by atoms with Crippen LogP contribution in [-0.4, -0.2) is 36.5 Å². The highest BCUT2D eigenvalue weighted by atomic mass is 16.5. The van der Waals surface area contributed by atoms with Crippen LogP contribution in [0.4, 0.5) is 0 Å². The van der Waals surface area contributed by atoms with Crippen molar-refractivity contribution in [2.75, 3.05) is 20.8 Å². The quantitative estimate of drug-likeness (QED) is 0.780. The number of ether oxygens (including phenoxy) is 2. The fourth-order valence-electron chi connectivity index (χ4n) is 2.57. The van der Waals surface area contributed by atoms with Crippen LogP contribution in [0.5, 0.6) is 5.75 Å². The minimum atomic E-state index is -0.328. The van der Waals surface area contributed by atoms with Crippen LogP contribution in [0.2, 0.25) is 0 Å². The van der Waals surface area contributed by atoms with Gasteiger partial charge in [-0.1, -0.05) is 26.0 Å². The van der Waals surface area contributed by atoms with E-state index in [1.54, 1.807) is 14.2 Å². The van der Waals surface area contributed by atoms with Crippen molar-refractivity contribution in [1.29, 1.82) is 0 Å². The molecule has 1 heterocycles. The lowest BCUT2D eigenvalue weighted by Crippen LogP contribution is -2.34. The van der Waals surface area contributed by atoms with E-state index < -0.39 is 0 Å². The minimum absolute atomic E-state index is 0.173. The molecule has 0 aliphatic rings. The Morgan fingerprint density at radius 1 is 1.15 bits per heavy atom. The number of carbonyl (C=O) groups is 1. The van der Waals surface area contributed by atoms with E-state index in [0.29, 0.717) is 13.2 Å². The molecule has 2 rings (SSSR count). The molecular formula is C19H25N3O4. The van der Waals surface area contributed by atoms with Crippen molar-refractivity contribution in [3.63, 3.8) is 0 Å². The Morgan fingerprint density at radius 2 is 1.85 bits per heavy atom. The average molecular weight is 359 g/mol. The number of nitrogens with one attached hydrogen (secondary N) is 1. The highest BCUT2D eigenvalue weighted by Gasteiger charge is 2.20. The van der Waals surface area contributed by atoms with E-state index >= 15 is 0 Å². The third-order valence-electron chi connectivity index (χ3n) is 4.03. The maximum absolute atomic E-state index is 12.6. The van der Waals surface area contributed by atoms with E-state index in [-0.39, 0.29) is 29.1 Å². The fourth-order valence-corrected chi connectivity index (χ4v) is 2.57. The van der Waals surface area contributed by atoms with Gasteiger partial charge < -0.3 is 14.8 Å². The number of aromatic nitrogens is 2. The second-order valence-corrected chi connectivity index (χ2v) is 6.24. The van der Waals surface area contributed by atoms with E-state index in [4.69, 9.17) is 9.47 Å². The molecule has 2 aromatic rings. The van der Waals surface area contributed by atoms with E-state index in [2.05, 4.69) is 10.4 Å². The monoisotopic (exact) mass is 359 g/mol. The van der Waals surface area contributed by atoms with E-state index in [0.717, 1.165) is 11.3 Å². The van der Waals surface area contributed by atoms with Gasteiger partial charge in [0.25, 0.3) is 11.5 Å². The molecule has 0 bridgehead atoms. The number of hydrogen-bond donors (Lipinski definition) is 1. The number of nitrogens with zero attached hydrogens (tertiary/aromatic N) is 2. The molecule has 1 aromatic carbocycles. The van der Waals surface area contributed by atoms with E-state index in [1.165, 1.54) is 16.8 Å².